The molecule has 0 radical (unpaired) electrons. The zero-order valence-electron chi connectivity index (χ0n) is 16.5. The fourth-order valence-electron chi connectivity index (χ4n) is 3.14. The van der Waals surface area contributed by atoms with Crippen LogP contribution in [0.1, 0.15) is 50.2 Å². The maximum atomic E-state index is 12.6. The molecule has 2 rings (SSSR count). The third kappa shape index (κ3) is 8.81. The lowest BCUT2D eigenvalue weighted by Crippen LogP contribution is -2.39. The summed E-state index contributed by atoms with van der Waals surface area (Å²) in [5, 5.41) is 7.89. The van der Waals surface area contributed by atoms with E-state index >= 15 is 0 Å². The summed E-state index contributed by atoms with van der Waals surface area (Å²) in [6.45, 7) is 8.48. The van der Waals surface area contributed by atoms with Gasteiger partial charge in [0.25, 0.3) is 0 Å². The largest absolute Gasteiger partial charge is 0.434 e. The van der Waals surface area contributed by atoms with Gasteiger partial charge in [-0.1, -0.05) is 6.42 Å². The molecular formula is C18H31F3IN5S. The van der Waals surface area contributed by atoms with Crippen molar-refractivity contribution in [2.75, 3.05) is 32.7 Å². The van der Waals surface area contributed by atoms with Crippen molar-refractivity contribution >= 4 is 41.3 Å². The Labute approximate surface area is 186 Å². The number of nitrogens with zero attached hydrogens (tertiary/aromatic N) is 3. The van der Waals surface area contributed by atoms with E-state index < -0.39 is 11.9 Å². The Morgan fingerprint density at radius 1 is 1.36 bits per heavy atom. The van der Waals surface area contributed by atoms with Crippen molar-refractivity contribution in [2.45, 2.75) is 58.2 Å². The fraction of sp³-hybridized carbons (Fsp3) is 0.778. The van der Waals surface area contributed by atoms with Crippen LogP contribution in [0.15, 0.2) is 10.4 Å². The van der Waals surface area contributed by atoms with E-state index in [1.807, 2.05) is 6.92 Å². The van der Waals surface area contributed by atoms with Gasteiger partial charge in [-0.25, -0.2) is 4.98 Å². The van der Waals surface area contributed by atoms with Crippen molar-refractivity contribution in [3.8, 4) is 0 Å². The lowest BCUT2D eigenvalue weighted by molar-refractivity contribution is -0.140. The van der Waals surface area contributed by atoms with Gasteiger partial charge in [0.2, 0.25) is 0 Å². The van der Waals surface area contributed by atoms with E-state index in [1.54, 1.807) is 0 Å². The molecule has 2 heterocycles. The second-order valence-corrected chi connectivity index (χ2v) is 7.74. The van der Waals surface area contributed by atoms with Crippen LogP contribution in [0.25, 0.3) is 0 Å². The third-order valence-electron chi connectivity index (χ3n) is 4.63. The molecule has 0 aliphatic carbocycles. The molecular weight excluding hydrogens is 502 g/mol. The highest BCUT2D eigenvalue weighted by molar-refractivity contribution is 14.0. The van der Waals surface area contributed by atoms with Gasteiger partial charge in [-0.2, -0.15) is 13.2 Å². The highest BCUT2D eigenvalue weighted by Gasteiger charge is 2.33. The Bertz CT molecular complexity index is 594. The van der Waals surface area contributed by atoms with Gasteiger partial charge >= 0.3 is 6.18 Å². The highest BCUT2D eigenvalue weighted by Crippen LogP contribution is 2.30. The van der Waals surface area contributed by atoms with E-state index in [1.165, 1.54) is 25.8 Å². The quantitative estimate of drug-likeness (QED) is 0.228. The van der Waals surface area contributed by atoms with Crippen molar-refractivity contribution in [1.82, 2.24) is 20.5 Å². The van der Waals surface area contributed by atoms with Gasteiger partial charge < -0.3 is 15.5 Å². The summed E-state index contributed by atoms with van der Waals surface area (Å²) < 4.78 is 37.7. The van der Waals surface area contributed by atoms with Crippen molar-refractivity contribution in [2.24, 2.45) is 4.99 Å². The predicted octanol–water partition coefficient (Wildman–Crippen LogP) is 4.14. The number of nitrogens with one attached hydrogen (secondary N) is 2. The third-order valence-corrected chi connectivity index (χ3v) is 5.54. The first-order valence-electron chi connectivity index (χ1n) is 9.68. The molecule has 162 valence electrons. The molecule has 1 unspecified atom stereocenters. The number of hydrogen-bond acceptors (Lipinski definition) is 4. The van der Waals surface area contributed by atoms with Gasteiger partial charge in [0.1, 0.15) is 0 Å². The molecule has 1 aromatic rings. The van der Waals surface area contributed by atoms with Crippen LogP contribution in [0.5, 0.6) is 0 Å². The molecule has 1 saturated heterocycles. The summed E-state index contributed by atoms with van der Waals surface area (Å²) in [5.74, 6) is 0.705. The van der Waals surface area contributed by atoms with Gasteiger partial charge in [0, 0.05) is 44.0 Å². The standard InChI is InChI=1S/C18H30F3N5S.HI/c1-3-22-17(23-9-6-12-26-11-5-4-7-14(26)2)24-10-8-16-25-15(13-27-16)18(19,20)21;/h13-14H,3-12H2,1-2H3,(H2,22,23,24);1H. The number of aromatic nitrogens is 1. The number of halogens is 4. The highest BCUT2D eigenvalue weighted by atomic mass is 127. The molecule has 0 bridgehead atoms. The Morgan fingerprint density at radius 2 is 2.14 bits per heavy atom. The van der Waals surface area contributed by atoms with Crippen LogP contribution in [-0.4, -0.2) is 54.6 Å². The topological polar surface area (TPSA) is 52.6 Å². The number of piperidine rings is 1. The van der Waals surface area contributed by atoms with E-state index in [2.05, 4.69) is 32.4 Å². The number of hydrogen-bond donors (Lipinski definition) is 2. The molecule has 0 aromatic carbocycles. The van der Waals surface area contributed by atoms with Gasteiger partial charge in [-0.05, 0) is 39.7 Å². The molecule has 28 heavy (non-hydrogen) atoms. The zero-order valence-corrected chi connectivity index (χ0v) is 19.7. The SMILES string of the molecule is CCNC(=NCCCN1CCCCC1C)NCCc1nc(C(F)(F)F)cs1.I. The minimum absolute atomic E-state index is 0. The minimum Gasteiger partial charge on any atom is -0.357 e. The van der Waals surface area contributed by atoms with Crippen LogP contribution in [0.2, 0.25) is 0 Å². The van der Waals surface area contributed by atoms with E-state index in [4.69, 9.17) is 0 Å². The van der Waals surface area contributed by atoms with E-state index in [-0.39, 0.29) is 24.0 Å². The first-order valence-corrected chi connectivity index (χ1v) is 10.6. The van der Waals surface area contributed by atoms with Crippen LogP contribution >= 0.6 is 35.3 Å². The number of alkyl halides is 3. The molecule has 0 spiro atoms. The summed E-state index contributed by atoms with van der Waals surface area (Å²) in [5.41, 5.74) is -0.810. The molecule has 1 aromatic heterocycles. The summed E-state index contributed by atoms with van der Waals surface area (Å²) in [4.78, 5) is 10.7. The van der Waals surface area contributed by atoms with Gasteiger partial charge in [-0.3, -0.25) is 4.99 Å². The fourth-order valence-corrected chi connectivity index (χ4v) is 3.94. The molecule has 5 nitrogen and oxygen atoms in total. The number of likely N-dealkylation sites (tertiary alicyclic amines) is 1. The van der Waals surface area contributed by atoms with Crippen LogP contribution in [0.3, 0.4) is 0 Å². The average molecular weight is 533 g/mol. The Morgan fingerprint density at radius 3 is 2.79 bits per heavy atom. The number of thiazole rings is 1. The molecule has 10 heteroatoms. The van der Waals surface area contributed by atoms with E-state index in [0.717, 1.165) is 42.8 Å². The van der Waals surface area contributed by atoms with Crippen LogP contribution < -0.4 is 10.6 Å². The second kappa shape index (κ2) is 12.8. The van der Waals surface area contributed by atoms with Crippen molar-refractivity contribution < 1.29 is 13.2 Å². The number of rotatable bonds is 8. The Balaban J connectivity index is 0.00000392. The number of aliphatic imine (C=N–C) groups is 1. The molecule has 1 aliphatic rings. The molecule has 0 saturated carbocycles. The van der Waals surface area contributed by atoms with Crippen molar-refractivity contribution in [3.63, 3.8) is 0 Å². The van der Waals surface area contributed by atoms with Crippen LogP contribution in [0.4, 0.5) is 13.2 Å². The van der Waals surface area contributed by atoms with Crippen LogP contribution in [0, 0.1) is 0 Å². The molecule has 1 atom stereocenters. The minimum atomic E-state index is -4.37. The molecule has 1 aliphatic heterocycles. The van der Waals surface area contributed by atoms with E-state index in [0.29, 0.717) is 30.0 Å². The van der Waals surface area contributed by atoms with Crippen molar-refractivity contribution in [3.05, 3.63) is 16.1 Å². The summed E-state index contributed by atoms with van der Waals surface area (Å²) in [7, 11) is 0. The monoisotopic (exact) mass is 533 g/mol. The lowest BCUT2D eigenvalue weighted by Gasteiger charge is -2.33. The number of guanidine groups is 1. The Kier molecular flexibility index (Phi) is 11.7. The second-order valence-electron chi connectivity index (χ2n) is 6.80. The maximum absolute atomic E-state index is 12.6. The first-order chi connectivity index (χ1) is 12.9. The maximum Gasteiger partial charge on any atom is 0.434 e. The molecule has 0 amide bonds. The summed E-state index contributed by atoms with van der Waals surface area (Å²) in [6.07, 6.45) is 0.960. The smallest absolute Gasteiger partial charge is 0.357 e. The Hall–Kier alpha value is -0.620. The zero-order chi connectivity index (χ0) is 19.7. The first kappa shape index (κ1) is 25.4. The molecule has 2 N–H and O–H groups in total. The average Bonchev–Trinajstić information content (AvgIpc) is 3.09. The normalized spacial score (nSPS) is 18.6. The molecule has 1 fully saturated rings. The van der Waals surface area contributed by atoms with Crippen molar-refractivity contribution in [1.29, 1.82) is 0 Å². The summed E-state index contributed by atoms with van der Waals surface area (Å²) >= 11 is 1.04. The predicted molar refractivity (Wildman–Crippen MR) is 120 cm³/mol. The van der Waals surface area contributed by atoms with Gasteiger partial charge in [0.05, 0.1) is 5.01 Å². The lowest BCUT2D eigenvalue weighted by atomic mass is 10.0. The van der Waals surface area contributed by atoms with Gasteiger partial charge in [0.15, 0.2) is 11.7 Å². The van der Waals surface area contributed by atoms with Crippen LogP contribution in [-0.2, 0) is 12.6 Å². The van der Waals surface area contributed by atoms with Gasteiger partial charge in [-0.15, -0.1) is 35.3 Å². The summed E-state index contributed by atoms with van der Waals surface area (Å²) in [6, 6.07) is 0.661. The van der Waals surface area contributed by atoms with E-state index in [9.17, 15) is 13.2 Å².